The first-order valence-corrected chi connectivity index (χ1v) is 5.73. The van der Waals surface area contributed by atoms with Crippen LogP contribution in [0, 0.1) is 0 Å². The minimum atomic E-state index is -0.231. The highest BCUT2D eigenvalue weighted by Gasteiger charge is 2.03. The van der Waals surface area contributed by atoms with Crippen molar-refractivity contribution in [1.29, 1.82) is 0 Å². The van der Waals surface area contributed by atoms with E-state index >= 15 is 0 Å². The fraction of sp³-hybridized carbons (Fsp3) is 0.400. The van der Waals surface area contributed by atoms with Crippen LogP contribution in [0.25, 0.3) is 0 Å². The van der Waals surface area contributed by atoms with Crippen LogP contribution >= 0.6 is 15.9 Å². The molecule has 0 amide bonds. The number of anilines is 2. The quantitative estimate of drug-likeness (QED) is 0.808. The molecule has 3 N–H and O–H groups in total. The van der Waals surface area contributed by atoms with Gasteiger partial charge in [-0.3, -0.25) is 4.79 Å². The van der Waals surface area contributed by atoms with Crippen LogP contribution in [0.5, 0.6) is 0 Å². The molecule has 6 heteroatoms. The van der Waals surface area contributed by atoms with Crippen LogP contribution in [0.15, 0.2) is 16.7 Å². The van der Waals surface area contributed by atoms with Crippen LogP contribution in [-0.2, 0) is 9.53 Å². The molecule has 0 saturated heterocycles. The normalized spacial score (nSPS) is 9.88. The SMILES string of the molecule is CCOC(=O)CCNc1ncc(Br)cc1N. The number of pyridine rings is 1. The van der Waals surface area contributed by atoms with Crippen LogP contribution in [0.4, 0.5) is 11.5 Å². The molecule has 0 unspecified atom stereocenters. The summed E-state index contributed by atoms with van der Waals surface area (Å²) in [6.45, 7) is 2.63. The Morgan fingerprint density at radius 2 is 2.44 bits per heavy atom. The molecule has 1 aromatic rings. The first-order chi connectivity index (χ1) is 7.63. The van der Waals surface area contributed by atoms with Crippen molar-refractivity contribution in [3.8, 4) is 0 Å². The molecule has 0 aliphatic carbocycles. The molecule has 0 aliphatic rings. The highest BCUT2D eigenvalue weighted by Crippen LogP contribution is 2.19. The molecule has 16 heavy (non-hydrogen) atoms. The Morgan fingerprint density at radius 1 is 1.69 bits per heavy atom. The molecule has 0 spiro atoms. The minimum absolute atomic E-state index is 0.231. The number of carbonyl (C=O) groups excluding carboxylic acids is 1. The Labute approximate surface area is 103 Å². The zero-order valence-electron chi connectivity index (χ0n) is 9.00. The maximum atomic E-state index is 11.1. The van der Waals surface area contributed by atoms with Gasteiger partial charge in [-0.15, -0.1) is 0 Å². The van der Waals surface area contributed by atoms with Crippen LogP contribution < -0.4 is 11.1 Å². The van der Waals surface area contributed by atoms with E-state index in [9.17, 15) is 4.79 Å². The predicted octanol–water partition coefficient (Wildman–Crippen LogP) is 1.79. The molecule has 0 saturated carbocycles. The molecule has 0 bridgehead atoms. The molecule has 0 aliphatic heterocycles. The molecule has 5 nitrogen and oxygen atoms in total. The molecule has 0 fully saturated rings. The van der Waals surface area contributed by atoms with E-state index in [1.165, 1.54) is 0 Å². The Hall–Kier alpha value is -1.30. The largest absolute Gasteiger partial charge is 0.466 e. The van der Waals surface area contributed by atoms with Crippen molar-refractivity contribution in [2.45, 2.75) is 13.3 Å². The second kappa shape index (κ2) is 6.32. The number of hydrogen-bond donors (Lipinski definition) is 2. The van der Waals surface area contributed by atoms with Gasteiger partial charge < -0.3 is 15.8 Å². The lowest BCUT2D eigenvalue weighted by molar-refractivity contribution is -0.142. The van der Waals surface area contributed by atoms with E-state index in [2.05, 4.69) is 26.2 Å². The zero-order valence-corrected chi connectivity index (χ0v) is 10.6. The van der Waals surface area contributed by atoms with E-state index in [0.717, 1.165) is 4.47 Å². The van der Waals surface area contributed by atoms with Gasteiger partial charge in [0.15, 0.2) is 0 Å². The third kappa shape index (κ3) is 4.06. The Balaban J connectivity index is 2.40. The standard InChI is InChI=1S/C10H14BrN3O2/c1-2-16-9(15)3-4-13-10-8(12)5-7(11)6-14-10/h5-6H,2-4,12H2,1H3,(H,13,14). The molecular formula is C10H14BrN3O2. The van der Waals surface area contributed by atoms with E-state index in [1.807, 2.05) is 0 Å². The lowest BCUT2D eigenvalue weighted by atomic mass is 10.3. The Bertz CT molecular complexity index is 371. The summed E-state index contributed by atoms with van der Waals surface area (Å²) in [5.74, 6) is 0.346. The van der Waals surface area contributed by atoms with Crippen molar-refractivity contribution < 1.29 is 9.53 Å². The number of nitrogens with one attached hydrogen (secondary N) is 1. The van der Waals surface area contributed by atoms with Gasteiger partial charge in [-0.2, -0.15) is 0 Å². The average molecular weight is 288 g/mol. The molecule has 0 atom stereocenters. The van der Waals surface area contributed by atoms with E-state index in [-0.39, 0.29) is 5.97 Å². The van der Waals surface area contributed by atoms with Crippen molar-refractivity contribution in [3.05, 3.63) is 16.7 Å². The molecule has 1 aromatic heterocycles. The Kier molecular flexibility index (Phi) is 5.04. The van der Waals surface area contributed by atoms with Gasteiger partial charge in [0.05, 0.1) is 18.7 Å². The van der Waals surface area contributed by atoms with Gasteiger partial charge in [0.2, 0.25) is 0 Å². The van der Waals surface area contributed by atoms with E-state index in [4.69, 9.17) is 10.5 Å². The summed E-state index contributed by atoms with van der Waals surface area (Å²) in [4.78, 5) is 15.1. The smallest absolute Gasteiger partial charge is 0.307 e. The fourth-order valence-electron chi connectivity index (χ4n) is 1.12. The summed E-state index contributed by atoms with van der Waals surface area (Å²) < 4.78 is 5.61. The third-order valence-corrected chi connectivity index (χ3v) is 2.24. The Morgan fingerprint density at radius 3 is 3.06 bits per heavy atom. The third-order valence-electron chi connectivity index (χ3n) is 1.81. The first kappa shape index (κ1) is 12.8. The number of nitrogen functional groups attached to an aromatic ring is 1. The van der Waals surface area contributed by atoms with Gasteiger partial charge in [-0.05, 0) is 28.9 Å². The van der Waals surface area contributed by atoms with Crippen LogP contribution in [-0.4, -0.2) is 24.1 Å². The van der Waals surface area contributed by atoms with Crippen molar-refractivity contribution in [1.82, 2.24) is 4.98 Å². The van der Waals surface area contributed by atoms with Gasteiger partial charge in [0, 0.05) is 17.2 Å². The summed E-state index contributed by atoms with van der Waals surface area (Å²) in [6, 6.07) is 1.75. The van der Waals surface area contributed by atoms with Crippen LogP contribution in [0.1, 0.15) is 13.3 Å². The van der Waals surface area contributed by atoms with E-state index in [0.29, 0.717) is 31.1 Å². The number of aromatic nitrogens is 1. The van der Waals surface area contributed by atoms with Crippen LogP contribution in [0.3, 0.4) is 0 Å². The molecule has 1 rings (SSSR count). The summed E-state index contributed by atoms with van der Waals surface area (Å²) in [6.07, 6.45) is 1.94. The zero-order chi connectivity index (χ0) is 12.0. The monoisotopic (exact) mass is 287 g/mol. The van der Waals surface area contributed by atoms with Gasteiger partial charge >= 0.3 is 5.97 Å². The summed E-state index contributed by atoms with van der Waals surface area (Å²) in [5, 5.41) is 2.97. The maximum Gasteiger partial charge on any atom is 0.307 e. The molecule has 0 aromatic carbocycles. The molecule has 88 valence electrons. The molecule has 0 radical (unpaired) electrons. The van der Waals surface area contributed by atoms with E-state index in [1.54, 1.807) is 19.2 Å². The van der Waals surface area contributed by atoms with Gasteiger partial charge in [-0.1, -0.05) is 0 Å². The van der Waals surface area contributed by atoms with Crippen LogP contribution in [0.2, 0.25) is 0 Å². The number of ether oxygens (including phenoxy) is 1. The van der Waals surface area contributed by atoms with Crippen molar-refractivity contribution >= 4 is 33.4 Å². The number of halogens is 1. The van der Waals surface area contributed by atoms with Crippen molar-refractivity contribution in [2.24, 2.45) is 0 Å². The van der Waals surface area contributed by atoms with Gasteiger partial charge in [-0.25, -0.2) is 4.98 Å². The van der Waals surface area contributed by atoms with Crippen molar-refractivity contribution in [2.75, 3.05) is 24.2 Å². The van der Waals surface area contributed by atoms with E-state index < -0.39 is 0 Å². The highest BCUT2D eigenvalue weighted by molar-refractivity contribution is 9.10. The lowest BCUT2D eigenvalue weighted by Crippen LogP contribution is -2.12. The topological polar surface area (TPSA) is 77.2 Å². The second-order valence-electron chi connectivity index (χ2n) is 3.07. The summed E-state index contributed by atoms with van der Waals surface area (Å²) >= 11 is 3.26. The van der Waals surface area contributed by atoms with Gasteiger partial charge in [0.25, 0.3) is 0 Å². The number of rotatable bonds is 5. The lowest BCUT2D eigenvalue weighted by Gasteiger charge is -2.07. The summed E-state index contributed by atoms with van der Waals surface area (Å²) in [7, 11) is 0. The summed E-state index contributed by atoms with van der Waals surface area (Å²) in [5.41, 5.74) is 6.27. The number of nitrogens with zero attached hydrogens (tertiary/aromatic N) is 1. The minimum Gasteiger partial charge on any atom is -0.466 e. The fourth-order valence-corrected chi connectivity index (χ4v) is 1.47. The molecular weight excluding hydrogens is 274 g/mol. The molecule has 1 heterocycles. The maximum absolute atomic E-state index is 11.1. The second-order valence-corrected chi connectivity index (χ2v) is 3.99. The van der Waals surface area contributed by atoms with Gasteiger partial charge in [0.1, 0.15) is 5.82 Å². The first-order valence-electron chi connectivity index (χ1n) is 4.94. The number of esters is 1. The number of carbonyl (C=O) groups is 1. The number of hydrogen-bond acceptors (Lipinski definition) is 5. The average Bonchev–Trinajstić information content (AvgIpc) is 2.22. The highest BCUT2D eigenvalue weighted by atomic mass is 79.9. The number of nitrogens with two attached hydrogens (primary N) is 1. The van der Waals surface area contributed by atoms with Crippen molar-refractivity contribution in [3.63, 3.8) is 0 Å². The predicted molar refractivity (Wildman–Crippen MR) is 66.1 cm³/mol.